The first-order valence-corrected chi connectivity index (χ1v) is 7.38. The molecular weight excluding hydrogens is 360 g/mol. The number of hydrogen-bond acceptors (Lipinski definition) is 5. The molecule has 0 aliphatic carbocycles. The number of nitro benzene ring substituents is 1. The van der Waals surface area contributed by atoms with Crippen molar-refractivity contribution in [1.82, 2.24) is 4.98 Å². The molecule has 0 atom stereocenters. The van der Waals surface area contributed by atoms with E-state index < -0.39 is 4.92 Å². The van der Waals surface area contributed by atoms with Crippen LogP contribution in [-0.4, -0.2) is 9.91 Å². The lowest BCUT2D eigenvalue weighted by Gasteiger charge is -2.09. The van der Waals surface area contributed by atoms with E-state index in [-0.39, 0.29) is 5.69 Å². The molecule has 7 heteroatoms. The molecule has 0 radical (unpaired) electrons. The molecule has 0 saturated carbocycles. The van der Waals surface area contributed by atoms with Crippen LogP contribution in [-0.2, 0) is 0 Å². The standard InChI is InChI=1S/C16H9BrN4O2/c17-12-1-3-13(4-2-12)19-16-11(9-18)7-10-8-14(21(22)23)5-6-15(10)20-16/h1-8H,(H,19,20). The minimum atomic E-state index is -0.473. The van der Waals surface area contributed by atoms with Crippen molar-refractivity contribution in [1.29, 1.82) is 5.26 Å². The van der Waals surface area contributed by atoms with Gasteiger partial charge < -0.3 is 5.32 Å². The minimum Gasteiger partial charge on any atom is -0.339 e. The number of non-ortho nitro benzene ring substituents is 1. The van der Waals surface area contributed by atoms with E-state index >= 15 is 0 Å². The van der Waals surface area contributed by atoms with Gasteiger partial charge in [0.25, 0.3) is 5.69 Å². The minimum absolute atomic E-state index is 0.0307. The van der Waals surface area contributed by atoms with Gasteiger partial charge in [0, 0.05) is 27.7 Å². The highest BCUT2D eigenvalue weighted by molar-refractivity contribution is 9.10. The molecule has 0 unspecified atom stereocenters. The fraction of sp³-hybridized carbons (Fsp3) is 0. The summed E-state index contributed by atoms with van der Waals surface area (Å²) >= 11 is 3.36. The topological polar surface area (TPSA) is 91.8 Å². The Hall–Kier alpha value is -2.98. The van der Waals surface area contributed by atoms with Crippen LogP contribution < -0.4 is 5.32 Å². The molecule has 3 aromatic rings. The van der Waals surface area contributed by atoms with Gasteiger partial charge in [0.05, 0.1) is 16.0 Å². The molecule has 0 bridgehead atoms. The van der Waals surface area contributed by atoms with Gasteiger partial charge in [0.2, 0.25) is 0 Å². The van der Waals surface area contributed by atoms with E-state index in [9.17, 15) is 15.4 Å². The quantitative estimate of drug-likeness (QED) is 0.541. The van der Waals surface area contributed by atoms with Crippen molar-refractivity contribution in [3.05, 3.63) is 68.7 Å². The number of nitrogens with one attached hydrogen (secondary N) is 1. The predicted molar refractivity (Wildman–Crippen MR) is 90.5 cm³/mol. The number of nitriles is 1. The summed E-state index contributed by atoms with van der Waals surface area (Å²) in [5.41, 5.74) is 1.66. The second kappa shape index (κ2) is 6.02. The number of benzene rings is 2. The number of rotatable bonds is 3. The van der Waals surface area contributed by atoms with E-state index in [1.807, 2.05) is 24.3 Å². The monoisotopic (exact) mass is 368 g/mol. The Kier molecular flexibility index (Phi) is 3.91. The molecule has 3 rings (SSSR count). The number of hydrogen-bond donors (Lipinski definition) is 1. The normalized spacial score (nSPS) is 10.3. The zero-order valence-corrected chi connectivity index (χ0v) is 13.2. The first-order chi connectivity index (χ1) is 11.1. The molecule has 1 aromatic heterocycles. The zero-order chi connectivity index (χ0) is 16.4. The maximum atomic E-state index is 10.8. The molecular formula is C16H9BrN4O2. The van der Waals surface area contributed by atoms with Gasteiger partial charge in [0.15, 0.2) is 0 Å². The average Bonchev–Trinajstić information content (AvgIpc) is 2.55. The van der Waals surface area contributed by atoms with Crippen LogP contribution in [0.2, 0.25) is 0 Å². The Morgan fingerprint density at radius 2 is 1.91 bits per heavy atom. The first-order valence-electron chi connectivity index (χ1n) is 6.59. The van der Waals surface area contributed by atoms with Crippen molar-refractivity contribution in [2.75, 3.05) is 5.32 Å². The molecule has 1 N–H and O–H groups in total. The summed E-state index contributed by atoms with van der Waals surface area (Å²) < 4.78 is 0.947. The summed E-state index contributed by atoms with van der Waals surface area (Å²) in [6, 6.07) is 15.5. The third-order valence-corrected chi connectivity index (χ3v) is 3.77. The van der Waals surface area contributed by atoms with Crippen LogP contribution in [0.1, 0.15) is 5.56 Å². The number of nitrogens with zero attached hydrogens (tertiary/aromatic N) is 3. The molecule has 0 spiro atoms. The van der Waals surface area contributed by atoms with Crippen LogP contribution in [0, 0.1) is 21.4 Å². The lowest BCUT2D eigenvalue weighted by molar-refractivity contribution is -0.384. The van der Waals surface area contributed by atoms with Gasteiger partial charge in [-0.15, -0.1) is 0 Å². The molecule has 0 saturated heterocycles. The summed E-state index contributed by atoms with van der Waals surface area (Å²) in [5.74, 6) is 0.413. The van der Waals surface area contributed by atoms with E-state index in [2.05, 4.69) is 32.3 Å². The van der Waals surface area contributed by atoms with Crippen molar-refractivity contribution >= 4 is 44.0 Å². The van der Waals surface area contributed by atoms with Crippen LogP contribution in [0.4, 0.5) is 17.2 Å². The van der Waals surface area contributed by atoms with Crippen LogP contribution in [0.25, 0.3) is 10.9 Å². The van der Waals surface area contributed by atoms with E-state index in [1.54, 1.807) is 12.1 Å². The van der Waals surface area contributed by atoms with E-state index in [0.29, 0.717) is 22.3 Å². The number of halogens is 1. The Bertz CT molecular complexity index is 949. The van der Waals surface area contributed by atoms with Crippen LogP contribution in [0.3, 0.4) is 0 Å². The lowest BCUT2D eigenvalue weighted by Crippen LogP contribution is -1.98. The van der Waals surface area contributed by atoms with E-state index in [0.717, 1.165) is 10.2 Å². The number of pyridine rings is 1. The summed E-state index contributed by atoms with van der Waals surface area (Å²) in [6.07, 6.45) is 0. The summed E-state index contributed by atoms with van der Waals surface area (Å²) in [5, 5.41) is 23.8. The highest BCUT2D eigenvalue weighted by atomic mass is 79.9. The molecule has 0 aliphatic rings. The fourth-order valence-electron chi connectivity index (χ4n) is 2.13. The molecule has 1 heterocycles. The highest BCUT2D eigenvalue weighted by Gasteiger charge is 2.11. The zero-order valence-electron chi connectivity index (χ0n) is 11.7. The molecule has 0 amide bonds. The predicted octanol–water partition coefficient (Wildman–Crippen LogP) is 4.52. The highest BCUT2D eigenvalue weighted by Crippen LogP contribution is 2.26. The van der Waals surface area contributed by atoms with Gasteiger partial charge in [0.1, 0.15) is 11.9 Å². The summed E-state index contributed by atoms with van der Waals surface area (Å²) in [6.45, 7) is 0. The Morgan fingerprint density at radius 1 is 1.17 bits per heavy atom. The van der Waals surface area contributed by atoms with Crippen molar-refractivity contribution in [3.63, 3.8) is 0 Å². The lowest BCUT2D eigenvalue weighted by atomic mass is 10.1. The third-order valence-electron chi connectivity index (χ3n) is 3.24. The van der Waals surface area contributed by atoms with Gasteiger partial charge in [-0.25, -0.2) is 4.98 Å². The third kappa shape index (κ3) is 3.12. The molecule has 112 valence electrons. The van der Waals surface area contributed by atoms with Crippen LogP contribution in [0.15, 0.2) is 53.0 Å². The second-order valence-corrected chi connectivity index (χ2v) is 5.68. The Morgan fingerprint density at radius 3 is 2.57 bits per heavy atom. The molecule has 0 aliphatic heterocycles. The SMILES string of the molecule is N#Cc1cc2cc([N+](=O)[O-])ccc2nc1Nc1ccc(Br)cc1. The number of fused-ring (bicyclic) bond motifs is 1. The second-order valence-electron chi connectivity index (χ2n) is 4.76. The van der Waals surface area contributed by atoms with Crippen molar-refractivity contribution in [3.8, 4) is 6.07 Å². The van der Waals surface area contributed by atoms with Gasteiger partial charge in [-0.2, -0.15) is 5.26 Å². The summed E-state index contributed by atoms with van der Waals surface area (Å²) in [7, 11) is 0. The molecule has 2 aromatic carbocycles. The van der Waals surface area contributed by atoms with Crippen molar-refractivity contribution in [2.45, 2.75) is 0 Å². The maximum absolute atomic E-state index is 10.8. The molecule has 6 nitrogen and oxygen atoms in total. The maximum Gasteiger partial charge on any atom is 0.270 e. The van der Waals surface area contributed by atoms with Gasteiger partial charge in [-0.3, -0.25) is 10.1 Å². The Balaban J connectivity index is 2.06. The molecule has 23 heavy (non-hydrogen) atoms. The van der Waals surface area contributed by atoms with Gasteiger partial charge >= 0.3 is 0 Å². The number of anilines is 2. The van der Waals surface area contributed by atoms with Gasteiger partial charge in [-0.05, 0) is 36.4 Å². The fourth-order valence-corrected chi connectivity index (χ4v) is 2.39. The van der Waals surface area contributed by atoms with Crippen LogP contribution in [0.5, 0.6) is 0 Å². The average molecular weight is 369 g/mol. The van der Waals surface area contributed by atoms with Crippen molar-refractivity contribution in [2.24, 2.45) is 0 Å². The molecule has 0 fully saturated rings. The van der Waals surface area contributed by atoms with Gasteiger partial charge in [-0.1, -0.05) is 15.9 Å². The number of aromatic nitrogens is 1. The summed E-state index contributed by atoms with van der Waals surface area (Å²) in [4.78, 5) is 14.8. The largest absolute Gasteiger partial charge is 0.339 e. The van der Waals surface area contributed by atoms with E-state index in [1.165, 1.54) is 12.1 Å². The Labute approximate surface area is 139 Å². The van der Waals surface area contributed by atoms with Crippen molar-refractivity contribution < 1.29 is 4.92 Å². The van der Waals surface area contributed by atoms with Crippen LogP contribution >= 0.6 is 15.9 Å². The smallest absolute Gasteiger partial charge is 0.270 e. The number of nitro groups is 1. The first kappa shape index (κ1) is 14.9. The van der Waals surface area contributed by atoms with E-state index in [4.69, 9.17) is 0 Å².